The van der Waals surface area contributed by atoms with Gasteiger partial charge in [0.25, 0.3) is 0 Å². The number of rotatable bonds is 3. The molecule has 1 heterocycles. The fourth-order valence-electron chi connectivity index (χ4n) is 1.71. The van der Waals surface area contributed by atoms with E-state index in [9.17, 15) is 4.79 Å². The average molecular weight is 246 g/mol. The monoisotopic (exact) mass is 246 g/mol. The number of carbonyl (C=O) groups is 1. The van der Waals surface area contributed by atoms with Gasteiger partial charge in [0.15, 0.2) is 5.75 Å². The number of aromatic nitrogens is 2. The standard InChI is InChI=1S/C13H14N2O3/c1-8-12(9(2)15(3)14-8)18-11-6-4-5-10(7-11)13(16)17/h4-7H,1-3H3,(H,16,17). The van der Waals surface area contributed by atoms with Crippen LogP contribution in [0.3, 0.4) is 0 Å². The van der Waals surface area contributed by atoms with Crippen LogP contribution >= 0.6 is 0 Å². The highest BCUT2D eigenvalue weighted by atomic mass is 16.5. The van der Waals surface area contributed by atoms with Gasteiger partial charge in [-0.05, 0) is 32.0 Å². The molecule has 5 nitrogen and oxygen atoms in total. The Kier molecular flexibility index (Phi) is 3.06. The van der Waals surface area contributed by atoms with Gasteiger partial charge in [-0.2, -0.15) is 5.10 Å². The summed E-state index contributed by atoms with van der Waals surface area (Å²) in [4.78, 5) is 10.9. The highest BCUT2D eigenvalue weighted by molar-refractivity contribution is 5.88. The van der Waals surface area contributed by atoms with Gasteiger partial charge in [0.2, 0.25) is 0 Å². The van der Waals surface area contributed by atoms with Gasteiger partial charge in [0.1, 0.15) is 11.4 Å². The highest BCUT2D eigenvalue weighted by Gasteiger charge is 2.12. The van der Waals surface area contributed by atoms with E-state index in [4.69, 9.17) is 9.84 Å². The van der Waals surface area contributed by atoms with Gasteiger partial charge < -0.3 is 9.84 Å². The maximum Gasteiger partial charge on any atom is 0.335 e. The summed E-state index contributed by atoms with van der Waals surface area (Å²) in [6, 6.07) is 6.39. The third-order valence-corrected chi connectivity index (χ3v) is 2.74. The number of aryl methyl sites for hydroxylation is 2. The molecule has 0 unspecified atom stereocenters. The van der Waals surface area contributed by atoms with Gasteiger partial charge in [0, 0.05) is 7.05 Å². The van der Waals surface area contributed by atoms with E-state index in [1.807, 2.05) is 20.9 Å². The minimum absolute atomic E-state index is 0.201. The molecular weight excluding hydrogens is 232 g/mol. The van der Waals surface area contributed by atoms with Crippen LogP contribution in [0.1, 0.15) is 21.7 Å². The van der Waals surface area contributed by atoms with E-state index in [0.717, 1.165) is 11.4 Å². The Labute approximate surface area is 105 Å². The highest BCUT2D eigenvalue weighted by Crippen LogP contribution is 2.28. The molecular formula is C13H14N2O3. The number of carboxylic acid groups (broad SMARTS) is 1. The van der Waals surface area contributed by atoms with Gasteiger partial charge in [-0.3, -0.25) is 4.68 Å². The van der Waals surface area contributed by atoms with Gasteiger partial charge in [-0.1, -0.05) is 6.07 Å². The van der Waals surface area contributed by atoms with Crippen molar-refractivity contribution in [1.82, 2.24) is 9.78 Å². The maximum atomic E-state index is 10.9. The molecule has 0 saturated carbocycles. The Morgan fingerprint density at radius 3 is 2.67 bits per heavy atom. The van der Waals surface area contributed by atoms with Crippen LogP contribution < -0.4 is 4.74 Å². The molecule has 18 heavy (non-hydrogen) atoms. The summed E-state index contributed by atoms with van der Waals surface area (Å²) in [5.74, 6) is 0.189. The van der Waals surface area contributed by atoms with Crippen molar-refractivity contribution in [2.45, 2.75) is 13.8 Å². The van der Waals surface area contributed by atoms with Crippen molar-refractivity contribution in [2.24, 2.45) is 7.05 Å². The number of hydrogen-bond acceptors (Lipinski definition) is 3. The quantitative estimate of drug-likeness (QED) is 0.903. The molecule has 0 amide bonds. The molecule has 0 aliphatic carbocycles. The van der Waals surface area contributed by atoms with E-state index >= 15 is 0 Å². The van der Waals surface area contributed by atoms with E-state index in [2.05, 4.69) is 5.10 Å². The molecule has 0 fully saturated rings. The molecule has 0 radical (unpaired) electrons. The first-order chi connectivity index (χ1) is 8.49. The normalized spacial score (nSPS) is 10.4. The zero-order valence-corrected chi connectivity index (χ0v) is 10.5. The lowest BCUT2D eigenvalue weighted by Gasteiger charge is -2.06. The lowest BCUT2D eigenvalue weighted by atomic mass is 10.2. The summed E-state index contributed by atoms with van der Waals surface area (Å²) >= 11 is 0. The van der Waals surface area contributed by atoms with Crippen molar-refractivity contribution in [2.75, 3.05) is 0 Å². The van der Waals surface area contributed by atoms with Crippen LogP contribution in [-0.2, 0) is 7.05 Å². The number of aromatic carboxylic acids is 1. The Balaban J connectivity index is 2.34. The molecule has 0 bridgehead atoms. The molecule has 0 aliphatic heterocycles. The third-order valence-electron chi connectivity index (χ3n) is 2.74. The minimum atomic E-state index is -0.972. The largest absolute Gasteiger partial charge is 0.478 e. The van der Waals surface area contributed by atoms with Crippen molar-refractivity contribution in [1.29, 1.82) is 0 Å². The molecule has 0 aliphatic rings. The smallest absolute Gasteiger partial charge is 0.335 e. The van der Waals surface area contributed by atoms with Crippen LogP contribution in [0.4, 0.5) is 0 Å². The van der Waals surface area contributed by atoms with Crippen molar-refractivity contribution < 1.29 is 14.6 Å². The van der Waals surface area contributed by atoms with Crippen LogP contribution in [0.2, 0.25) is 0 Å². The number of carboxylic acids is 1. The first-order valence-corrected chi connectivity index (χ1v) is 5.50. The second kappa shape index (κ2) is 4.52. The van der Waals surface area contributed by atoms with Gasteiger partial charge in [-0.15, -0.1) is 0 Å². The van der Waals surface area contributed by atoms with Gasteiger partial charge in [-0.25, -0.2) is 4.79 Å². The fraction of sp³-hybridized carbons (Fsp3) is 0.231. The van der Waals surface area contributed by atoms with E-state index in [1.165, 1.54) is 12.1 Å². The number of hydrogen-bond donors (Lipinski definition) is 1. The second-order valence-corrected chi connectivity index (χ2v) is 4.06. The number of benzene rings is 1. The van der Waals surface area contributed by atoms with Crippen LogP contribution in [-0.4, -0.2) is 20.9 Å². The molecule has 1 aromatic carbocycles. The first kappa shape index (κ1) is 12.2. The van der Waals surface area contributed by atoms with Crippen molar-refractivity contribution in [3.05, 3.63) is 41.2 Å². The van der Waals surface area contributed by atoms with E-state index in [1.54, 1.807) is 16.8 Å². The lowest BCUT2D eigenvalue weighted by Crippen LogP contribution is -1.96. The van der Waals surface area contributed by atoms with Crippen LogP contribution in [0.25, 0.3) is 0 Å². The van der Waals surface area contributed by atoms with Crippen LogP contribution in [0.15, 0.2) is 24.3 Å². The second-order valence-electron chi connectivity index (χ2n) is 4.06. The summed E-state index contributed by atoms with van der Waals surface area (Å²) in [5.41, 5.74) is 1.87. The maximum absolute atomic E-state index is 10.9. The average Bonchev–Trinajstić information content (AvgIpc) is 2.56. The Bertz CT molecular complexity index is 602. The molecule has 2 rings (SSSR count). The summed E-state index contributed by atoms with van der Waals surface area (Å²) in [6.07, 6.45) is 0. The van der Waals surface area contributed by atoms with E-state index < -0.39 is 5.97 Å². The molecule has 94 valence electrons. The Hall–Kier alpha value is -2.30. The van der Waals surface area contributed by atoms with E-state index in [-0.39, 0.29) is 5.56 Å². The predicted octanol–water partition coefficient (Wildman–Crippen LogP) is 2.53. The summed E-state index contributed by atoms with van der Waals surface area (Å²) in [6.45, 7) is 3.75. The van der Waals surface area contributed by atoms with Gasteiger partial charge >= 0.3 is 5.97 Å². The lowest BCUT2D eigenvalue weighted by molar-refractivity contribution is 0.0696. The molecule has 5 heteroatoms. The molecule has 1 N–H and O–H groups in total. The SMILES string of the molecule is Cc1nn(C)c(C)c1Oc1cccc(C(=O)O)c1. The number of ether oxygens (including phenoxy) is 1. The van der Waals surface area contributed by atoms with Crippen molar-refractivity contribution in [3.63, 3.8) is 0 Å². The van der Waals surface area contributed by atoms with Crippen LogP contribution in [0.5, 0.6) is 11.5 Å². The predicted molar refractivity (Wildman–Crippen MR) is 66.2 cm³/mol. The minimum Gasteiger partial charge on any atom is -0.478 e. The third kappa shape index (κ3) is 2.20. The fourth-order valence-corrected chi connectivity index (χ4v) is 1.71. The Morgan fingerprint density at radius 2 is 2.11 bits per heavy atom. The number of nitrogens with zero attached hydrogens (tertiary/aromatic N) is 2. The van der Waals surface area contributed by atoms with Crippen molar-refractivity contribution >= 4 is 5.97 Å². The van der Waals surface area contributed by atoms with Crippen molar-refractivity contribution in [3.8, 4) is 11.5 Å². The summed E-state index contributed by atoms with van der Waals surface area (Å²) in [5, 5.41) is 13.2. The summed E-state index contributed by atoms with van der Waals surface area (Å²) in [7, 11) is 1.84. The first-order valence-electron chi connectivity index (χ1n) is 5.50. The van der Waals surface area contributed by atoms with Gasteiger partial charge in [0.05, 0.1) is 11.3 Å². The Morgan fingerprint density at radius 1 is 1.39 bits per heavy atom. The topological polar surface area (TPSA) is 64.4 Å². The molecule has 2 aromatic rings. The zero-order chi connectivity index (χ0) is 13.3. The molecule has 0 atom stereocenters. The molecule has 0 saturated heterocycles. The van der Waals surface area contributed by atoms with Crippen LogP contribution in [0, 0.1) is 13.8 Å². The van der Waals surface area contributed by atoms with E-state index in [0.29, 0.717) is 11.5 Å². The molecule has 1 aromatic heterocycles. The molecule has 0 spiro atoms. The summed E-state index contributed by atoms with van der Waals surface area (Å²) < 4.78 is 7.43. The zero-order valence-electron chi connectivity index (χ0n) is 10.5.